The highest BCUT2D eigenvalue weighted by Gasteiger charge is 2.28. The molecule has 0 unspecified atom stereocenters. The molecule has 3 rings (SSSR count). The van der Waals surface area contributed by atoms with Gasteiger partial charge in [-0.1, -0.05) is 5.16 Å². The van der Waals surface area contributed by atoms with E-state index < -0.39 is 0 Å². The maximum absolute atomic E-state index is 12.4. The lowest BCUT2D eigenvalue weighted by molar-refractivity contribution is 0.184. The summed E-state index contributed by atoms with van der Waals surface area (Å²) in [6.45, 7) is 5.02. The minimum Gasteiger partial charge on any atom is -0.339 e. The lowest BCUT2D eigenvalue weighted by atomic mass is 9.98. The highest BCUT2D eigenvalue weighted by atomic mass is 16.5. The zero-order valence-corrected chi connectivity index (χ0v) is 12.7. The van der Waals surface area contributed by atoms with E-state index >= 15 is 0 Å². The molecule has 22 heavy (non-hydrogen) atoms. The average molecular weight is 301 g/mol. The van der Waals surface area contributed by atoms with Gasteiger partial charge >= 0.3 is 6.03 Å². The molecule has 1 N–H and O–H groups in total. The molecule has 2 amide bonds. The van der Waals surface area contributed by atoms with Gasteiger partial charge in [0.2, 0.25) is 5.89 Å². The fourth-order valence-electron chi connectivity index (χ4n) is 2.67. The lowest BCUT2D eigenvalue weighted by Crippen LogP contribution is -2.41. The number of rotatable bonds is 2. The summed E-state index contributed by atoms with van der Waals surface area (Å²) in [5.74, 6) is 1.36. The Hall–Kier alpha value is -2.44. The number of nitrogens with one attached hydrogen (secondary N) is 1. The number of carbonyl (C=O) groups excluding carboxylic acids is 1. The monoisotopic (exact) mass is 301 g/mol. The van der Waals surface area contributed by atoms with Crippen molar-refractivity contribution in [1.29, 1.82) is 0 Å². The Morgan fingerprint density at radius 2 is 2.32 bits per heavy atom. The van der Waals surface area contributed by atoms with Gasteiger partial charge in [-0.3, -0.25) is 4.98 Å². The molecule has 1 saturated heterocycles. The largest absolute Gasteiger partial charge is 0.339 e. The van der Waals surface area contributed by atoms with Crippen LogP contribution >= 0.6 is 0 Å². The predicted molar refractivity (Wildman–Crippen MR) is 80.6 cm³/mol. The first-order valence-corrected chi connectivity index (χ1v) is 7.40. The molecule has 0 aromatic carbocycles. The molecule has 2 aromatic heterocycles. The minimum atomic E-state index is -0.105. The third-order valence-electron chi connectivity index (χ3n) is 3.75. The molecule has 1 aliphatic rings. The fraction of sp³-hybridized carbons (Fsp3) is 0.467. The lowest BCUT2D eigenvalue weighted by Gasteiger charge is -2.31. The van der Waals surface area contributed by atoms with Crippen LogP contribution in [0.2, 0.25) is 0 Å². The van der Waals surface area contributed by atoms with E-state index in [9.17, 15) is 4.79 Å². The van der Waals surface area contributed by atoms with E-state index in [0.29, 0.717) is 18.3 Å². The minimum absolute atomic E-state index is 0.105. The molecule has 0 radical (unpaired) electrons. The van der Waals surface area contributed by atoms with Gasteiger partial charge in [0.15, 0.2) is 5.82 Å². The van der Waals surface area contributed by atoms with Crippen LogP contribution in [0.3, 0.4) is 0 Å². The highest BCUT2D eigenvalue weighted by molar-refractivity contribution is 5.89. The van der Waals surface area contributed by atoms with E-state index in [4.69, 9.17) is 4.52 Å². The predicted octanol–water partition coefficient (Wildman–Crippen LogP) is 2.49. The van der Waals surface area contributed by atoms with Crippen molar-refractivity contribution >= 4 is 11.7 Å². The van der Waals surface area contributed by atoms with Crippen LogP contribution in [0.4, 0.5) is 10.5 Å². The molecule has 1 fully saturated rings. The molecular formula is C15H19N5O2. The molecular weight excluding hydrogens is 282 g/mol. The van der Waals surface area contributed by atoms with Gasteiger partial charge in [-0.2, -0.15) is 4.98 Å². The normalized spacial score (nSPS) is 18.3. The van der Waals surface area contributed by atoms with E-state index in [2.05, 4.69) is 20.4 Å². The summed E-state index contributed by atoms with van der Waals surface area (Å²) < 4.78 is 5.24. The SMILES string of the molecule is Cc1cc(NC(=O)N2CCC[C@@H](c3nc(C)no3)C2)ccn1. The van der Waals surface area contributed by atoms with Gasteiger partial charge in [0.1, 0.15) is 0 Å². The van der Waals surface area contributed by atoms with E-state index in [-0.39, 0.29) is 11.9 Å². The van der Waals surface area contributed by atoms with Crippen molar-refractivity contribution in [2.24, 2.45) is 0 Å². The number of hydrogen-bond acceptors (Lipinski definition) is 5. The smallest absolute Gasteiger partial charge is 0.321 e. The molecule has 7 nitrogen and oxygen atoms in total. The standard InChI is InChI=1S/C15H19N5O2/c1-10-8-13(5-6-16-10)18-15(21)20-7-3-4-12(9-20)14-17-11(2)19-22-14/h5-6,8,12H,3-4,7,9H2,1-2H3,(H,16,18,21)/t12-/m1/s1. The molecule has 0 bridgehead atoms. The number of aryl methyl sites for hydroxylation is 2. The summed E-state index contributed by atoms with van der Waals surface area (Å²) >= 11 is 0. The summed E-state index contributed by atoms with van der Waals surface area (Å²) in [7, 11) is 0. The first kappa shape index (κ1) is 14.5. The zero-order chi connectivity index (χ0) is 15.5. The van der Waals surface area contributed by atoms with Gasteiger partial charge < -0.3 is 14.7 Å². The molecule has 0 spiro atoms. The summed E-state index contributed by atoms with van der Waals surface area (Å²) in [5, 5.41) is 6.74. The molecule has 1 aliphatic heterocycles. The van der Waals surface area contributed by atoms with E-state index in [1.807, 2.05) is 13.0 Å². The number of aromatic nitrogens is 3. The summed E-state index contributed by atoms with van der Waals surface area (Å²) in [6.07, 6.45) is 3.57. The van der Waals surface area contributed by atoms with Crippen molar-refractivity contribution in [1.82, 2.24) is 20.0 Å². The van der Waals surface area contributed by atoms with Gasteiger partial charge in [-0.15, -0.1) is 0 Å². The molecule has 2 aromatic rings. The van der Waals surface area contributed by atoms with E-state index in [0.717, 1.165) is 30.8 Å². The summed E-state index contributed by atoms with van der Waals surface area (Å²) in [6, 6.07) is 3.53. The van der Waals surface area contributed by atoms with E-state index in [1.54, 1.807) is 24.1 Å². The number of amides is 2. The summed E-state index contributed by atoms with van der Waals surface area (Å²) in [5.41, 5.74) is 1.63. The topological polar surface area (TPSA) is 84.2 Å². The van der Waals surface area contributed by atoms with Crippen LogP contribution in [0.5, 0.6) is 0 Å². The number of pyridine rings is 1. The Labute approximate surface area is 128 Å². The highest BCUT2D eigenvalue weighted by Crippen LogP contribution is 2.26. The molecule has 1 atom stereocenters. The van der Waals surface area contributed by atoms with Gasteiger partial charge in [0.05, 0.1) is 5.92 Å². The quantitative estimate of drug-likeness (QED) is 0.921. The first-order valence-electron chi connectivity index (χ1n) is 7.40. The Morgan fingerprint density at radius 1 is 1.45 bits per heavy atom. The Morgan fingerprint density at radius 3 is 3.05 bits per heavy atom. The Bertz CT molecular complexity index is 669. The van der Waals surface area contributed by atoms with Crippen molar-refractivity contribution in [3.8, 4) is 0 Å². The fourth-order valence-corrected chi connectivity index (χ4v) is 2.67. The summed E-state index contributed by atoms with van der Waals surface area (Å²) in [4.78, 5) is 22.6. The zero-order valence-electron chi connectivity index (χ0n) is 12.7. The Kier molecular flexibility index (Phi) is 4.04. The third-order valence-corrected chi connectivity index (χ3v) is 3.75. The van der Waals surface area contributed by atoms with Crippen molar-refractivity contribution in [2.75, 3.05) is 18.4 Å². The second-order valence-corrected chi connectivity index (χ2v) is 5.58. The van der Waals surface area contributed by atoms with Crippen LogP contribution in [0, 0.1) is 13.8 Å². The van der Waals surface area contributed by atoms with Gasteiger partial charge in [-0.25, -0.2) is 4.79 Å². The number of nitrogens with zero attached hydrogens (tertiary/aromatic N) is 4. The van der Waals surface area contributed by atoms with Crippen LogP contribution in [-0.4, -0.2) is 39.1 Å². The second-order valence-electron chi connectivity index (χ2n) is 5.58. The van der Waals surface area contributed by atoms with Crippen molar-refractivity contribution in [3.05, 3.63) is 35.7 Å². The van der Waals surface area contributed by atoms with Crippen molar-refractivity contribution < 1.29 is 9.32 Å². The maximum Gasteiger partial charge on any atom is 0.321 e. The second kappa shape index (κ2) is 6.13. The van der Waals surface area contributed by atoms with E-state index in [1.165, 1.54) is 0 Å². The van der Waals surface area contributed by atoms with Gasteiger partial charge in [0, 0.05) is 30.7 Å². The van der Waals surface area contributed by atoms with Crippen LogP contribution in [-0.2, 0) is 0 Å². The number of piperidine rings is 1. The number of hydrogen-bond donors (Lipinski definition) is 1. The third kappa shape index (κ3) is 3.24. The van der Waals surface area contributed by atoms with Gasteiger partial charge in [0.25, 0.3) is 0 Å². The van der Waals surface area contributed by atoms with Crippen molar-refractivity contribution in [3.63, 3.8) is 0 Å². The van der Waals surface area contributed by atoms with Crippen LogP contribution in [0.15, 0.2) is 22.9 Å². The Balaban J connectivity index is 1.65. The maximum atomic E-state index is 12.4. The molecule has 3 heterocycles. The number of likely N-dealkylation sites (tertiary alicyclic amines) is 1. The molecule has 0 aliphatic carbocycles. The molecule has 7 heteroatoms. The van der Waals surface area contributed by atoms with Crippen LogP contribution in [0.25, 0.3) is 0 Å². The first-order chi connectivity index (χ1) is 10.6. The van der Waals surface area contributed by atoms with Crippen LogP contribution < -0.4 is 5.32 Å². The molecule has 0 saturated carbocycles. The van der Waals surface area contributed by atoms with Crippen LogP contribution in [0.1, 0.15) is 36.2 Å². The number of anilines is 1. The van der Waals surface area contributed by atoms with Crippen molar-refractivity contribution in [2.45, 2.75) is 32.6 Å². The molecule has 116 valence electrons. The van der Waals surface area contributed by atoms with Gasteiger partial charge in [-0.05, 0) is 38.8 Å². The number of carbonyl (C=O) groups is 1. The number of urea groups is 1. The average Bonchev–Trinajstić information content (AvgIpc) is 2.94.